The molecule has 0 spiro atoms. The summed E-state index contributed by atoms with van der Waals surface area (Å²) in [5.74, 6) is -1.60. The average Bonchev–Trinajstić information content (AvgIpc) is 1.67. The van der Waals surface area contributed by atoms with Crippen LogP contribution in [0.4, 0.5) is 4.39 Å². The molecule has 0 amide bonds. The van der Waals surface area contributed by atoms with Crippen LogP contribution in [0.1, 0.15) is 19.8 Å². The maximum Gasteiger partial charge on any atom is 0.389 e. The number of rotatable bonds is 3. The highest BCUT2D eigenvalue weighted by molar-refractivity contribution is 5.71. The first kappa shape index (κ1) is 7.40. The van der Waals surface area contributed by atoms with E-state index in [2.05, 4.69) is 0 Å². The largest absolute Gasteiger partial charge is 0.389 e. The Morgan fingerprint density at radius 3 is 2.38 bits per heavy atom. The third-order valence-electron chi connectivity index (χ3n) is 0.798. The van der Waals surface area contributed by atoms with Crippen molar-refractivity contribution in [3.05, 3.63) is 0 Å². The van der Waals surface area contributed by atoms with Gasteiger partial charge in [-0.1, -0.05) is 13.3 Å². The van der Waals surface area contributed by atoms with Gasteiger partial charge >= 0.3 is 5.97 Å². The van der Waals surface area contributed by atoms with Gasteiger partial charge in [0.1, 0.15) is 0 Å². The number of carbonyl (C=O) groups is 1. The van der Waals surface area contributed by atoms with Crippen molar-refractivity contribution in [2.75, 3.05) is 0 Å². The van der Waals surface area contributed by atoms with Crippen LogP contribution in [0.2, 0.25) is 0 Å². The average molecular weight is 119 g/mol. The number of carbonyl (C=O) groups excluding carboxylic acids is 1. The van der Waals surface area contributed by atoms with Crippen molar-refractivity contribution in [1.29, 1.82) is 0 Å². The molecular formula is C5H8FO2. The molecule has 0 aromatic carbocycles. The van der Waals surface area contributed by atoms with Crippen LogP contribution in [-0.4, -0.2) is 12.1 Å². The van der Waals surface area contributed by atoms with Gasteiger partial charge in [0, 0.05) is 0 Å². The third kappa shape index (κ3) is 2.55. The van der Waals surface area contributed by atoms with Gasteiger partial charge in [-0.05, 0) is 6.42 Å². The molecule has 0 saturated carbocycles. The highest BCUT2D eigenvalue weighted by Crippen LogP contribution is 2.00. The lowest BCUT2D eigenvalue weighted by Crippen LogP contribution is -2.11. The first-order valence-corrected chi connectivity index (χ1v) is 2.53. The molecule has 0 heterocycles. The van der Waals surface area contributed by atoms with Gasteiger partial charge in [-0.25, -0.2) is 14.3 Å². The molecule has 0 N–H and O–H groups in total. The van der Waals surface area contributed by atoms with Crippen LogP contribution < -0.4 is 0 Å². The van der Waals surface area contributed by atoms with E-state index in [0.717, 1.165) is 0 Å². The van der Waals surface area contributed by atoms with Crippen molar-refractivity contribution in [3.63, 3.8) is 0 Å². The Morgan fingerprint density at radius 2 is 2.25 bits per heavy atom. The number of halogens is 1. The maximum atomic E-state index is 11.9. The lowest BCUT2D eigenvalue weighted by Gasteiger charge is -1.93. The fourth-order valence-electron chi connectivity index (χ4n) is 0.371. The highest BCUT2D eigenvalue weighted by atomic mass is 19.1. The molecule has 47 valence electrons. The number of hydrogen-bond acceptors (Lipinski definition) is 1. The fraction of sp³-hybridized carbons (Fsp3) is 0.800. The summed E-state index contributed by atoms with van der Waals surface area (Å²) in [5, 5.41) is 9.60. The quantitative estimate of drug-likeness (QED) is 0.547. The zero-order chi connectivity index (χ0) is 6.57. The molecule has 0 aliphatic rings. The summed E-state index contributed by atoms with van der Waals surface area (Å²) < 4.78 is 11.9. The first-order valence-electron chi connectivity index (χ1n) is 2.53. The number of hydrogen-bond donors (Lipinski definition) is 0. The monoisotopic (exact) mass is 119 g/mol. The third-order valence-corrected chi connectivity index (χ3v) is 0.798. The Hall–Kier alpha value is -0.600. The molecule has 0 rings (SSSR count). The summed E-state index contributed by atoms with van der Waals surface area (Å²) in [5.41, 5.74) is 0. The summed E-state index contributed by atoms with van der Waals surface area (Å²) >= 11 is 0. The van der Waals surface area contributed by atoms with Crippen molar-refractivity contribution in [1.82, 2.24) is 0 Å². The molecule has 0 unspecified atom stereocenters. The standard InChI is InChI=1S/C5H8FO2/c1-2-3-4(6)5(7)8/h4H,2-3H2,1H3/t4-/m1/s1. The van der Waals surface area contributed by atoms with Crippen LogP contribution in [-0.2, 0) is 9.90 Å². The van der Waals surface area contributed by atoms with E-state index in [0.29, 0.717) is 6.42 Å². The van der Waals surface area contributed by atoms with E-state index in [1.807, 2.05) is 0 Å². The Balaban J connectivity index is 3.32. The molecule has 2 nitrogen and oxygen atoms in total. The van der Waals surface area contributed by atoms with E-state index in [1.54, 1.807) is 6.92 Å². The summed E-state index contributed by atoms with van der Waals surface area (Å²) in [6.07, 6.45) is -1.18. The molecule has 0 aromatic heterocycles. The number of alkyl halides is 1. The Labute approximate surface area is 47.3 Å². The van der Waals surface area contributed by atoms with Crippen molar-refractivity contribution in [2.24, 2.45) is 0 Å². The van der Waals surface area contributed by atoms with Crippen molar-refractivity contribution < 1.29 is 14.3 Å². The smallest absolute Gasteiger partial charge is 0.244 e. The Bertz CT molecular complexity index is 82.5. The van der Waals surface area contributed by atoms with Crippen molar-refractivity contribution in [3.8, 4) is 0 Å². The Kier molecular flexibility index (Phi) is 3.15. The summed E-state index contributed by atoms with van der Waals surface area (Å²) in [7, 11) is 0. The summed E-state index contributed by atoms with van der Waals surface area (Å²) in [6, 6.07) is 0. The minimum Gasteiger partial charge on any atom is -0.244 e. The second-order valence-electron chi connectivity index (χ2n) is 1.58. The fourth-order valence-corrected chi connectivity index (χ4v) is 0.371. The van der Waals surface area contributed by atoms with Gasteiger partial charge in [-0.15, -0.1) is 0 Å². The lowest BCUT2D eigenvalue weighted by atomic mass is 10.2. The van der Waals surface area contributed by atoms with Crippen LogP contribution >= 0.6 is 0 Å². The topological polar surface area (TPSA) is 37.0 Å². The van der Waals surface area contributed by atoms with E-state index in [9.17, 15) is 14.3 Å². The van der Waals surface area contributed by atoms with E-state index < -0.39 is 12.1 Å². The minimum atomic E-state index is -1.78. The zero-order valence-corrected chi connectivity index (χ0v) is 4.69. The second-order valence-corrected chi connectivity index (χ2v) is 1.58. The van der Waals surface area contributed by atoms with E-state index in [4.69, 9.17) is 0 Å². The van der Waals surface area contributed by atoms with E-state index >= 15 is 0 Å². The minimum absolute atomic E-state index is 0.0579. The molecule has 1 radical (unpaired) electrons. The molecule has 0 saturated heterocycles. The normalized spacial score (nSPS) is 13.2. The molecule has 0 fully saturated rings. The van der Waals surface area contributed by atoms with Crippen LogP contribution in [0.5, 0.6) is 0 Å². The SMILES string of the molecule is CCC[C@@H](F)C([O])=O. The predicted molar refractivity (Wildman–Crippen MR) is 25.5 cm³/mol. The molecule has 0 aromatic rings. The molecule has 0 aliphatic carbocycles. The zero-order valence-electron chi connectivity index (χ0n) is 4.69. The van der Waals surface area contributed by atoms with Gasteiger partial charge in [0.25, 0.3) is 0 Å². The first-order chi connectivity index (χ1) is 3.68. The molecule has 1 atom stereocenters. The predicted octanol–water partition coefficient (Wildman–Crippen LogP) is 1.08. The second kappa shape index (κ2) is 3.41. The molecule has 0 aliphatic heterocycles. The van der Waals surface area contributed by atoms with Crippen LogP contribution in [0.15, 0.2) is 0 Å². The van der Waals surface area contributed by atoms with Crippen LogP contribution in [0.25, 0.3) is 0 Å². The van der Waals surface area contributed by atoms with Crippen LogP contribution in [0, 0.1) is 0 Å². The van der Waals surface area contributed by atoms with Gasteiger partial charge in [-0.3, -0.25) is 0 Å². The molecule has 3 heteroatoms. The van der Waals surface area contributed by atoms with E-state index in [-0.39, 0.29) is 6.42 Å². The molecular weight excluding hydrogens is 111 g/mol. The summed E-state index contributed by atoms with van der Waals surface area (Å²) in [4.78, 5) is 9.60. The van der Waals surface area contributed by atoms with Gasteiger partial charge in [0.05, 0.1) is 0 Å². The van der Waals surface area contributed by atoms with Crippen molar-refractivity contribution >= 4 is 5.97 Å². The van der Waals surface area contributed by atoms with Gasteiger partial charge in [-0.2, -0.15) is 0 Å². The highest BCUT2D eigenvalue weighted by Gasteiger charge is 2.15. The molecule has 8 heavy (non-hydrogen) atoms. The Morgan fingerprint density at radius 1 is 1.75 bits per heavy atom. The van der Waals surface area contributed by atoms with Gasteiger partial charge in [0.15, 0.2) is 0 Å². The summed E-state index contributed by atoms with van der Waals surface area (Å²) in [6.45, 7) is 1.72. The van der Waals surface area contributed by atoms with Crippen LogP contribution in [0.3, 0.4) is 0 Å². The van der Waals surface area contributed by atoms with E-state index in [1.165, 1.54) is 0 Å². The lowest BCUT2D eigenvalue weighted by molar-refractivity contribution is -0.149. The van der Waals surface area contributed by atoms with Gasteiger partial charge in [0.2, 0.25) is 6.17 Å². The maximum absolute atomic E-state index is 11.9. The van der Waals surface area contributed by atoms with Crippen molar-refractivity contribution in [2.45, 2.75) is 25.9 Å². The van der Waals surface area contributed by atoms with Gasteiger partial charge < -0.3 is 0 Å². The molecule has 0 bridgehead atoms.